The molecular formula is C72H75F3N12O3. The molecule has 15 nitrogen and oxygen atoms in total. The van der Waals surface area contributed by atoms with Crippen LogP contribution in [0.3, 0.4) is 0 Å². The van der Waals surface area contributed by atoms with E-state index in [1.54, 1.807) is 31.9 Å². The molecule has 3 fully saturated rings. The van der Waals surface area contributed by atoms with E-state index >= 15 is 0 Å². The molecule has 462 valence electrons. The van der Waals surface area contributed by atoms with Crippen molar-refractivity contribution in [2.24, 2.45) is 5.73 Å². The van der Waals surface area contributed by atoms with Gasteiger partial charge in [0, 0.05) is 74.1 Å². The molecule has 9 aromatic rings. The first-order valence-electron chi connectivity index (χ1n) is 30.9. The highest BCUT2D eigenvalue weighted by Crippen LogP contribution is 2.19. The minimum atomic E-state index is -0.365. The number of aromatic nitrogens is 6. The number of nitrogens with zero attached hydrogens (tertiary/aromatic N) is 10. The largest absolute Gasteiger partial charge is 0.328 e. The van der Waals surface area contributed by atoms with Gasteiger partial charge in [0.25, 0.3) is 16.7 Å². The minimum absolute atomic E-state index is 0.193. The fourth-order valence-corrected chi connectivity index (χ4v) is 11.6. The van der Waals surface area contributed by atoms with E-state index in [-0.39, 0.29) is 34.1 Å². The number of hydrogen-bond donors (Lipinski definition) is 2. The maximum Gasteiger partial charge on any atom is 0.269 e. The molecule has 18 heteroatoms. The van der Waals surface area contributed by atoms with E-state index in [4.69, 9.17) is 5.73 Å². The quantitative estimate of drug-likeness (QED) is 0.101. The zero-order valence-electron chi connectivity index (χ0n) is 50.6. The summed E-state index contributed by atoms with van der Waals surface area (Å²) in [4.78, 5) is 58.5. The number of piperidine rings is 3. The van der Waals surface area contributed by atoms with Crippen LogP contribution in [-0.4, -0.2) is 145 Å². The Labute approximate surface area is 523 Å². The molecule has 0 amide bonds. The molecule has 3 N–H and O–H groups in total. The van der Waals surface area contributed by atoms with Gasteiger partial charge >= 0.3 is 0 Å². The van der Waals surface area contributed by atoms with Crippen LogP contribution in [0.1, 0.15) is 55.2 Å². The summed E-state index contributed by atoms with van der Waals surface area (Å²) in [6.07, 6.45) is 10.0. The van der Waals surface area contributed by atoms with Gasteiger partial charge in [0.2, 0.25) is 0 Å². The molecule has 0 bridgehead atoms. The SMILES string of the molecule is NC1CCN(CCn2c(=O)cnc3ccc(F)cc32)CC1.O=c1cnc2ccc(F)cc2n1CCN1CCC(N(CC#Cc2ccccc2)CC#Cc2ccccc2)CC1.O=c1cnc2ccc(F)cc2n1CCN1CCC(NCC#Cc2ccccc2)CC1. The highest BCUT2D eigenvalue weighted by atomic mass is 19.1. The van der Waals surface area contributed by atoms with Crippen molar-refractivity contribution in [1.82, 2.24) is 53.6 Å². The van der Waals surface area contributed by atoms with Crippen molar-refractivity contribution in [1.29, 1.82) is 0 Å². The molecule has 90 heavy (non-hydrogen) atoms. The van der Waals surface area contributed by atoms with Crippen LogP contribution in [-0.2, 0) is 19.6 Å². The van der Waals surface area contributed by atoms with E-state index in [9.17, 15) is 27.6 Å². The van der Waals surface area contributed by atoms with Gasteiger partial charge in [-0.05, 0) is 169 Å². The van der Waals surface area contributed by atoms with Gasteiger partial charge in [0.1, 0.15) is 17.5 Å². The van der Waals surface area contributed by atoms with Gasteiger partial charge in [0.05, 0.1) is 71.3 Å². The summed E-state index contributed by atoms with van der Waals surface area (Å²) in [6.45, 7) is 11.5. The Balaban J connectivity index is 0.000000155. The average molecular weight is 1210 g/mol. The second kappa shape index (κ2) is 32.5. The predicted molar refractivity (Wildman–Crippen MR) is 350 cm³/mol. The molecule has 6 aromatic carbocycles. The molecule has 0 spiro atoms. The maximum absolute atomic E-state index is 13.9. The number of halogens is 3. The Bertz CT molecular complexity index is 4150. The lowest BCUT2D eigenvalue weighted by Crippen LogP contribution is -2.46. The van der Waals surface area contributed by atoms with E-state index < -0.39 is 0 Å². The van der Waals surface area contributed by atoms with Crippen LogP contribution in [0.4, 0.5) is 13.2 Å². The molecule has 12 rings (SSSR count). The van der Waals surface area contributed by atoms with Crippen molar-refractivity contribution < 1.29 is 13.2 Å². The molecular weight excluding hydrogens is 1140 g/mol. The van der Waals surface area contributed by atoms with E-state index in [2.05, 4.69) is 75.4 Å². The molecule has 6 heterocycles. The summed E-state index contributed by atoms with van der Waals surface area (Å²) in [5.41, 5.74) is 11.9. The number of fused-ring (bicyclic) bond motifs is 3. The van der Waals surface area contributed by atoms with Gasteiger partial charge in [0.15, 0.2) is 0 Å². The Morgan fingerprint density at radius 1 is 0.444 bits per heavy atom. The number of nitrogens with one attached hydrogen (secondary N) is 1. The summed E-state index contributed by atoms with van der Waals surface area (Å²) in [5.74, 6) is 18.5. The first kappa shape index (κ1) is 64.0. The van der Waals surface area contributed by atoms with E-state index in [1.165, 1.54) is 55.0 Å². The predicted octanol–water partition coefficient (Wildman–Crippen LogP) is 8.01. The lowest BCUT2D eigenvalue weighted by atomic mass is 10.0. The van der Waals surface area contributed by atoms with Crippen LogP contribution < -0.4 is 27.7 Å². The van der Waals surface area contributed by atoms with E-state index in [1.807, 2.05) is 91.0 Å². The fourth-order valence-electron chi connectivity index (χ4n) is 11.6. The molecule has 3 saturated heterocycles. The third-order valence-electron chi connectivity index (χ3n) is 16.7. The van der Waals surface area contributed by atoms with Crippen LogP contribution in [0.2, 0.25) is 0 Å². The monoisotopic (exact) mass is 1210 g/mol. The maximum atomic E-state index is 13.9. The van der Waals surface area contributed by atoms with Crippen molar-refractivity contribution in [2.45, 2.75) is 76.3 Å². The number of rotatable bonds is 14. The number of nitrogens with two attached hydrogens (primary N) is 1. The van der Waals surface area contributed by atoms with Gasteiger partial charge in [-0.25, -0.2) is 28.1 Å². The fraction of sp³-hybridized carbons (Fsp3) is 0.333. The molecule has 0 saturated carbocycles. The van der Waals surface area contributed by atoms with Crippen LogP contribution in [0.5, 0.6) is 0 Å². The van der Waals surface area contributed by atoms with Crippen molar-refractivity contribution in [2.75, 3.05) is 78.5 Å². The number of likely N-dealkylation sites (tertiary alicyclic amines) is 3. The average Bonchev–Trinajstić information content (AvgIpc) is 0.994. The Hall–Kier alpha value is -9.03. The molecule has 0 unspecified atom stereocenters. The smallest absolute Gasteiger partial charge is 0.269 e. The molecule has 0 radical (unpaired) electrons. The van der Waals surface area contributed by atoms with Crippen LogP contribution in [0.25, 0.3) is 33.1 Å². The summed E-state index contributed by atoms with van der Waals surface area (Å²) in [6, 6.07) is 44.3. The van der Waals surface area contributed by atoms with Crippen molar-refractivity contribution in [3.8, 4) is 35.5 Å². The van der Waals surface area contributed by atoms with Gasteiger partial charge < -0.3 is 39.5 Å². The number of hydrogen-bond acceptors (Lipinski definition) is 12. The summed E-state index contributed by atoms with van der Waals surface area (Å²) in [5, 5.41) is 3.52. The van der Waals surface area contributed by atoms with Crippen LogP contribution >= 0.6 is 0 Å². The zero-order chi connectivity index (χ0) is 62.4. The first-order valence-corrected chi connectivity index (χ1v) is 30.9. The van der Waals surface area contributed by atoms with Crippen molar-refractivity contribution in [3.63, 3.8) is 0 Å². The minimum Gasteiger partial charge on any atom is -0.328 e. The van der Waals surface area contributed by atoms with Crippen molar-refractivity contribution in [3.05, 3.63) is 229 Å². The van der Waals surface area contributed by atoms with Gasteiger partial charge in [-0.2, -0.15) is 0 Å². The lowest BCUT2D eigenvalue weighted by Gasteiger charge is -2.37. The zero-order valence-corrected chi connectivity index (χ0v) is 50.6. The number of benzene rings is 6. The summed E-state index contributed by atoms with van der Waals surface area (Å²) < 4.78 is 45.8. The second-order valence-corrected chi connectivity index (χ2v) is 22.8. The molecule has 3 aliphatic heterocycles. The molecule has 0 aliphatic carbocycles. The third kappa shape index (κ3) is 18.5. The highest BCUT2D eigenvalue weighted by molar-refractivity contribution is 5.75. The van der Waals surface area contributed by atoms with Crippen molar-refractivity contribution >= 4 is 33.1 Å². The Morgan fingerprint density at radius 3 is 1.17 bits per heavy atom. The molecule has 3 aromatic heterocycles. The topological polar surface area (TPSA) is 156 Å². The standard InChI is InChI=1S/C33H31FN4O.C24H25FN4O.C15H19FN4O/c34-29-15-16-31-32(25-29)38(33(39)26-35-31)24-23-36-21-17-30(18-22-36)37(19-7-13-27-9-3-1-4-10-27)20-8-14-28-11-5-2-6-12-28;25-20-8-9-22-23(17-20)29(24(30)18-27-22)16-15-28-13-10-21(11-14-28)26-12-4-7-19-5-2-1-3-6-19;16-11-1-2-13-14(9-11)20(15(21)10-18-13)8-7-19-5-3-12(17)4-6-19/h1-6,9-12,15-16,25-26,30H,17-24H2;1-3,5-6,8-9,17-18,21,26H,10-16H2;1-2,9-10,12H,3-8,17H2. The van der Waals surface area contributed by atoms with Gasteiger partial charge in [-0.3, -0.25) is 19.3 Å². The second-order valence-electron chi connectivity index (χ2n) is 22.8. The molecule has 3 aliphatic rings. The van der Waals surface area contributed by atoms with Gasteiger partial charge in [-0.1, -0.05) is 90.1 Å². The first-order chi connectivity index (χ1) is 44.0. The summed E-state index contributed by atoms with van der Waals surface area (Å²) in [7, 11) is 0. The Kier molecular flexibility index (Phi) is 23.1. The lowest BCUT2D eigenvalue weighted by molar-refractivity contribution is 0.126. The Morgan fingerprint density at radius 2 is 0.789 bits per heavy atom. The van der Waals surface area contributed by atoms with Gasteiger partial charge in [-0.15, -0.1) is 0 Å². The highest BCUT2D eigenvalue weighted by Gasteiger charge is 2.25. The molecule has 0 atom stereocenters. The third-order valence-corrected chi connectivity index (χ3v) is 16.7. The van der Waals surface area contributed by atoms with E-state index in [0.717, 1.165) is 114 Å². The normalized spacial score (nSPS) is 15.2. The van der Waals surface area contributed by atoms with Crippen LogP contribution in [0, 0.1) is 53.0 Å². The van der Waals surface area contributed by atoms with Crippen LogP contribution in [0.15, 0.2) is 179 Å². The summed E-state index contributed by atoms with van der Waals surface area (Å²) >= 11 is 0. The van der Waals surface area contributed by atoms with E-state index in [0.29, 0.717) is 90.5 Å².